The number of carbonyl (C=O) groups is 2. The van der Waals surface area contributed by atoms with Crippen molar-refractivity contribution < 1.29 is 14.3 Å². The third-order valence-electron chi connectivity index (χ3n) is 6.26. The Kier molecular flexibility index (Phi) is 5.22. The first kappa shape index (κ1) is 19.4. The summed E-state index contributed by atoms with van der Waals surface area (Å²) in [6, 6.07) is 7.20. The van der Waals surface area contributed by atoms with Crippen LogP contribution in [0.2, 0.25) is 0 Å². The Labute approximate surface area is 169 Å². The van der Waals surface area contributed by atoms with Gasteiger partial charge in [0.2, 0.25) is 5.91 Å². The van der Waals surface area contributed by atoms with E-state index in [1.165, 1.54) is 18.0 Å². The molecular weight excluding hydrogens is 370 g/mol. The Morgan fingerprint density at radius 1 is 1.24 bits per heavy atom. The van der Waals surface area contributed by atoms with Crippen molar-refractivity contribution >= 4 is 22.8 Å². The lowest BCUT2D eigenvalue weighted by atomic mass is 9.62. The summed E-state index contributed by atoms with van der Waals surface area (Å²) in [5.41, 5.74) is 1.17. The summed E-state index contributed by atoms with van der Waals surface area (Å²) in [6.07, 6.45) is 7.14. The summed E-state index contributed by atoms with van der Waals surface area (Å²) in [7, 11) is 1.44. The van der Waals surface area contributed by atoms with Crippen molar-refractivity contribution in [3.05, 3.63) is 52.6 Å². The van der Waals surface area contributed by atoms with Crippen molar-refractivity contribution in [1.82, 2.24) is 14.5 Å². The first-order valence-electron chi connectivity index (χ1n) is 10.0. The van der Waals surface area contributed by atoms with Gasteiger partial charge in [0.1, 0.15) is 0 Å². The number of esters is 1. The number of aromatic nitrogens is 2. The maximum Gasteiger partial charge on any atom is 0.315 e. The number of fused-ring (bicyclic) bond motifs is 1. The number of para-hydroxylation sites is 1. The normalized spacial score (nSPS) is 18.1. The summed E-state index contributed by atoms with van der Waals surface area (Å²) in [4.78, 5) is 43.5. The van der Waals surface area contributed by atoms with Gasteiger partial charge >= 0.3 is 5.97 Å². The van der Waals surface area contributed by atoms with Crippen molar-refractivity contribution in [2.75, 3.05) is 20.2 Å². The Hall–Kier alpha value is -2.96. The maximum absolute atomic E-state index is 12.6. The highest BCUT2D eigenvalue weighted by atomic mass is 16.5. The van der Waals surface area contributed by atoms with Crippen LogP contribution in [0.15, 0.2) is 47.0 Å². The van der Waals surface area contributed by atoms with E-state index in [1.807, 2.05) is 18.2 Å². The van der Waals surface area contributed by atoms with E-state index < -0.39 is 5.41 Å². The van der Waals surface area contributed by atoms with Gasteiger partial charge < -0.3 is 9.64 Å². The minimum atomic E-state index is -0.464. The fraction of sp³-hybridized carbons (Fsp3) is 0.455. The van der Waals surface area contributed by atoms with E-state index in [2.05, 4.69) is 4.98 Å². The van der Waals surface area contributed by atoms with Crippen LogP contribution in [-0.2, 0) is 20.9 Å². The second-order valence-electron chi connectivity index (χ2n) is 7.76. The van der Waals surface area contributed by atoms with Crippen LogP contribution in [0.3, 0.4) is 0 Å². The molecule has 0 radical (unpaired) electrons. The highest BCUT2D eigenvalue weighted by Gasteiger charge is 2.48. The van der Waals surface area contributed by atoms with Crippen LogP contribution in [0.4, 0.5) is 0 Å². The minimum Gasteiger partial charge on any atom is -0.468 e. The van der Waals surface area contributed by atoms with Crippen LogP contribution in [0.5, 0.6) is 0 Å². The van der Waals surface area contributed by atoms with Gasteiger partial charge in [-0.1, -0.05) is 30.2 Å². The van der Waals surface area contributed by atoms with Gasteiger partial charge in [-0.2, -0.15) is 0 Å². The number of rotatable bonds is 5. The van der Waals surface area contributed by atoms with Gasteiger partial charge in [-0.15, -0.1) is 0 Å². The molecule has 0 unspecified atom stereocenters. The maximum atomic E-state index is 12.6. The molecule has 4 rings (SSSR count). The van der Waals surface area contributed by atoms with E-state index in [4.69, 9.17) is 4.74 Å². The lowest BCUT2D eigenvalue weighted by molar-refractivity contribution is -0.155. The van der Waals surface area contributed by atoms with Crippen LogP contribution in [0, 0.1) is 5.41 Å². The summed E-state index contributed by atoms with van der Waals surface area (Å²) in [5.74, 6) is -0.154. The smallest absolute Gasteiger partial charge is 0.315 e. The molecule has 1 aliphatic carbocycles. The number of hydrogen-bond donors (Lipinski definition) is 0. The average molecular weight is 395 g/mol. The number of hydrogen-bond acceptors (Lipinski definition) is 5. The lowest BCUT2D eigenvalue weighted by Crippen LogP contribution is -2.44. The Bertz CT molecular complexity index is 1040. The number of carbonyl (C=O) groups excluding carboxylic acids is 2. The summed E-state index contributed by atoms with van der Waals surface area (Å²) in [5, 5.41) is 0.557. The molecule has 7 heteroatoms. The average Bonchev–Trinajstić information content (AvgIpc) is 2.73. The molecule has 29 heavy (non-hydrogen) atoms. The largest absolute Gasteiger partial charge is 0.468 e. The molecular formula is C22H25N3O4. The standard InChI is InChI=1S/C22H25N3O4/c1-29-21(28)22(10-4-11-22)16-7-12-24(13-8-16)19(26)9-14-25-15-23-18-6-3-2-5-17(18)20(25)27/h2-3,5-7,15H,4,8-14H2,1H3. The van der Waals surface area contributed by atoms with Crippen LogP contribution in [-0.4, -0.2) is 46.5 Å². The minimum absolute atomic E-state index is 0.00101. The molecule has 1 aromatic heterocycles. The lowest BCUT2D eigenvalue weighted by Gasteiger charge is -2.43. The molecule has 1 saturated carbocycles. The molecule has 0 saturated heterocycles. The third kappa shape index (κ3) is 3.45. The number of amides is 1. The molecule has 2 heterocycles. The van der Waals surface area contributed by atoms with Crippen molar-refractivity contribution in [3.8, 4) is 0 Å². The SMILES string of the molecule is COC(=O)C1(C2=CCN(C(=O)CCn3cnc4ccccc4c3=O)CC2)CCC1. The monoisotopic (exact) mass is 395 g/mol. The van der Waals surface area contributed by atoms with E-state index in [-0.39, 0.29) is 23.9 Å². The topological polar surface area (TPSA) is 81.5 Å². The zero-order chi connectivity index (χ0) is 20.4. The van der Waals surface area contributed by atoms with Crippen LogP contribution in [0.1, 0.15) is 32.1 Å². The second-order valence-corrected chi connectivity index (χ2v) is 7.76. The number of aryl methyl sites for hydroxylation is 1. The predicted octanol–water partition coefficient (Wildman–Crippen LogP) is 2.29. The predicted molar refractivity (Wildman–Crippen MR) is 108 cm³/mol. The molecule has 0 atom stereocenters. The molecule has 1 aliphatic heterocycles. The molecule has 0 N–H and O–H groups in total. The van der Waals surface area contributed by atoms with E-state index in [0.29, 0.717) is 37.0 Å². The molecule has 0 bridgehead atoms. The molecule has 7 nitrogen and oxygen atoms in total. The van der Waals surface area contributed by atoms with Gasteiger partial charge in [0, 0.05) is 26.1 Å². The van der Waals surface area contributed by atoms with E-state index in [9.17, 15) is 14.4 Å². The molecule has 1 amide bonds. The van der Waals surface area contributed by atoms with E-state index >= 15 is 0 Å². The molecule has 2 aromatic rings. The van der Waals surface area contributed by atoms with Gasteiger partial charge in [0.15, 0.2) is 0 Å². The quantitative estimate of drug-likeness (QED) is 0.573. The molecule has 2 aliphatic rings. The van der Waals surface area contributed by atoms with E-state index in [1.54, 1.807) is 17.0 Å². The van der Waals surface area contributed by atoms with Crippen molar-refractivity contribution in [3.63, 3.8) is 0 Å². The number of nitrogens with zero attached hydrogens (tertiary/aromatic N) is 3. The number of methoxy groups -OCH3 is 1. The van der Waals surface area contributed by atoms with Gasteiger partial charge in [0.05, 0.1) is 29.8 Å². The zero-order valence-electron chi connectivity index (χ0n) is 16.6. The van der Waals surface area contributed by atoms with Gasteiger partial charge in [0.25, 0.3) is 5.56 Å². The highest BCUT2D eigenvalue weighted by molar-refractivity contribution is 5.82. The number of ether oxygens (including phenoxy) is 1. The summed E-state index contributed by atoms with van der Waals surface area (Å²) in [6.45, 7) is 1.39. The summed E-state index contributed by atoms with van der Waals surface area (Å²) < 4.78 is 6.51. The van der Waals surface area contributed by atoms with Crippen molar-refractivity contribution in [2.45, 2.75) is 38.6 Å². The summed E-state index contributed by atoms with van der Waals surface area (Å²) >= 11 is 0. The van der Waals surface area contributed by atoms with Gasteiger partial charge in [-0.3, -0.25) is 19.0 Å². The van der Waals surface area contributed by atoms with Crippen molar-refractivity contribution in [1.29, 1.82) is 0 Å². The Morgan fingerprint density at radius 2 is 2.03 bits per heavy atom. The third-order valence-corrected chi connectivity index (χ3v) is 6.26. The Morgan fingerprint density at radius 3 is 2.69 bits per heavy atom. The highest BCUT2D eigenvalue weighted by Crippen LogP contribution is 2.49. The molecule has 0 spiro atoms. The van der Waals surface area contributed by atoms with Crippen LogP contribution in [0.25, 0.3) is 10.9 Å². The number of benzene rings is 1. The fourth-order valence-electron chi connectivity index (χ4n) is 4.35. The molecule has 1 fully saturated rings. The second kappa shape index (κ2) is 7.81. The molecule has 1 aromatic carbocycles. The molecule has 152 valence electrons. The fourth-order valence-corrected chi connectivity index (χ4v) is 4.35. The first-order chi connectivity index (χ1) is 14.0. The van der Waals surface area contributed by atoms with Crippen LogP contribution >= 0.6 is 0 Å². The zero-order valence-corrected chi connectivity index (χ0v) is 16.6. The van der Waals surface area contributed by atoms with Crippen LogP contribution < -0.4 is 5.56 Å². The van der Waals surface area contributed by atoms with Gasteiger partial charge in [-0.25, -0.2) is 4.98 Å². The van der Waals surface area contributed by atoms with Gasteiger partial charge in [-0.05, 0) is 31.4 Å². The first-order valence-corrected chi connectivity index (χ1v) is 10.0. The Balaban J connectivity index is 1.39. The van der Waals surface area contributed by atoms with E-state index in [0.717, 1.165) is 24.8 Å². The van der Waals surface area contributed by atoms with Crippen molar-refractivity contribution in [2.24, 2.45) is 5.41 Å².